The molecule has 0 spiro atoms. The molecule has 1 amide bonds. The van der Waals surface area contributed by atoms with Gasteiger partial charge < -0.3 is 0 Å². The minimum Gasteiger partial charge on any atom is -0.286 e. The lowest BCUT2D eigenvalue weighted by molar-refractivity contribution is 0.102. The largest absolute Gasteiger partial charge is 0.286 e. The number of hydrazone groups is 1. The molecule has 162 valence electrons. The van der Waals surface area contributed by atoms with Crippen LogP contribution in [0.1, 0.15) is 23.0 Å². The van der Waals surface area contributed by atoms with Crippen molar-refractivity contribution < 1.29 is 4.79 Å². The van der Waals surface area contributed by atoms with Crippen LogP contribution in [0.4, 0.5) is 11.1 Å². The van der Waals surface area contributed by atoms with Crippen LogP contribution in [0.15, 0.2) is 71.8 Å². The van der Waals surface area contributed by atoms with Gasteiger partial charge in [-0.15, -0.1) is 5.10 Å². The first kappa shape index (κ1) is 20.4. The summed E-state index contributed by atoms with van der Waals surface area (Å²) in [5, 5.41) is 20.9. The number of H-pyrrole nitrogens is 1. The van der Waals surface area contributed by atoms with Crippen molar-refractivity contribution in [2.75, 3.05) is 10.7 Å². The first-order valence-corrected chi connectivity index (χ1v) is 10.8. The monoisotopic (exact) mass is 455 g/mol. The van der Waals surface area contributed by atoms with Crippen molar-refractivity contribution >= 4 is 44.3 Å². The van der Waals surface area contributed by atoms with Gasteiger partial charge in [-0.2, -0.15) is 10.3 Å². The van der Waals surface area contributed by atoms with E-state index in [0.29, 0.717) is 5.69 Å². The van der Waals surface area contributed by atoms with Gasteiger partial charge in [0.15, 0.2) is 0 Å². The first-order valence-electron chi connectivity index (χ1n) is 9.94. The molecular formula is C22H17N9OS. The molecule has 0 aliphatic heterocycles. The smallest absolute Gasteiger partial charge is 0.276 e. The van der Waals surface area contributed by atoms with Crippen molar-refractivity contribution in [3.05, 3.63) is 78.0 Å². The molecule has 33 heavy (non-hydrogen) atoms. The van der Waals surface area contributed by atoms with Crippen LogP contribution in [-0.4, -0.2) is 42.2 Å². The molecule has 0 bridgehead atoms. The van der Waals surface area contributed by atoms with E-state index in [1.54, 1.807) is 23.5 Å². The summed E-state index contributed by atoms with van der Waals surface area (Å²) in [4.78, 5) is 21.4. The first-order chi connectivity index (χ1) is 16.2. The average molecular weight is 456 g/mol. The molecule has 11 heteroatoms. The zero-order valence-corrected chi connectivity index (χ0v) is 18.2. The van der Waals surface area contributed by atoms with Gasteiger partial charge in [0.05, 0.1) is 21.6 Å². The Hall–Kier alpha value is -4.51. The second-order valence-corrected chi connectivity index (χ2v) is 8.00. The third kappa shape index (κ3) is 4.57. The second-order valence-electron chi connectivity index (χ2n) is 6.97. The van der Waals surface area contributed by atoms with E-state index in [0.717, 1.165) is 32.2 Å². The van der Waals surface area contributed by atoms with Crippen molar-refractivity contribution in [1.82, 2.24) is 30.6 Å². The van der Waals surface area contributed by atoms with E-state index in [2.05, 4.69) is 46.4 Å². The van der Waals surface area contributed by atoms with E-state index in [4.69, 9.17) is 0 Å². The number of carbonyl (C=O) groups is 1. The molecule has 0 aliphatic carbocycles. The van der Waals surface area contributed by atoms with Crippen molar-refractivity contribution in [2.24, 2.45) is 5.10 Å². The number of nitrogens with zero attached hydrogens (tertiary/aromatic N) is 6. The summed E-state index contributed by atoms with van der Waals surface area (Å²) in [6, 6.07) is 21.0. The van der Waals surface area contributed by atoms with Crippen molar-refractivity contribution in [1.29, 1.82) is 0 Å². The maximum Gasteiger partial charge on any atom is 0.276 e. The summed E-state index contributed by atoms with van der Waals surface area (Å²) >= 11 is 1.55. The number of hydrogen-bond donors (Lipinski definition) is 3. The predicted molar refractivity (Wildman–Crippen MR) is 127 cm³/mol. The Bertz CT molecular complexity index is 1430. The Morgan fingerprint density at radius 3 is 2.76 bits per heavy atom. The summed E-state index contributed by atoms with van der Waals surface area (Å²) in [6.07, 6.45) is 0. The van der Waals surface area contributed by atoms with Gasteiger partial charge in [0.1, 0.15) is 5.69 Å². The fraction of sp³-hybridized carbons (Fsp3) is 0.0455. The fourth-order valence-corrected chi connectivity index (χ4v) is 3.93. The quantitative estimate of drug-likeness (QED) is 0.261. The summed E-state index contributed by atoms with van der Waals surface area (Å²) in [6.45, 7) is 1.92. The average Bonchev–Trinajstić information content (AvgIpc) is 3.52. The number of carbonyl (C=O) groups excluding carboxylic acids is 1. The molecule has 0 fully saturated rings. The van der Waals surface area contributed by atoms with Gasteiger partial charge in [-0.1, -0.05) is 52.8 Å². The molecule has 5 aromatic rings. The summed E-state index contributed by atoms with van der Waals surface area (Å²) in [7, 11) is 0. The van der Waals surface area contributed by atoms with E-state index in [-0.39, 0.29) is 11.6 Å². The number of tetrazole rings is 1. The minimum atomic E-state index is -0.424. The van der Waals surface area contributed by atoms with Crippen LogP contribution in [0, 0.1) is 0 Å². The maximum atomic E-state index is 12.4. The van der Waals surface area contributed by atoms with E-state index < -0.39 is 5.91 Å². The Labute approximate surface area is 191 Å². The molecule has 0 atom stereocenters. The number of hydrogen-bond acceptors (Lipinski definition) is 9. The molecule has 0 saturated carbocycles. The molecular weight excluding hydrogens is 438 g/mol. The number of pyridine rings is 1. The van der Waals surface area contributed by atoms with Gasteiger partial charge >= 0.3 is 0 Å². The van der Waals surface area contributed by atoms with Crippen molar-refractivity contribution in [3.63, 3.8) is 0 Å². The van der Waals surface area contributed by atoms with Gasteiger partial charge in [0, 0.05) is 5.56 Å². The molecule has 0 saturated heterocycles. The molecule has 0 aliphatic rings. The summed E-state index contributed by atoms with van der Waals surface area (Å²) in [5.41, 5.74) is 7.45. The number of fused-ring (bicyclic) bond motifs is 1. The lowest BCUT2D eigenvalue weighted by Gasteiger charge is -2.07. The van der Waals surface area contributed by atoms with Gasteiger partial charge in [0.2, 0.25) is 5.13 Å². The molecule has 3 N–H and O–H groups in total. The van der Waals surface area contributed by atoms with E-state index >= 15 is 0 Å². The zero-order valence-electron chi connectivity index (χ0n) is 17.4. The van der Waals surface area contributed by atoms with Gasteiger partial charge in [0.25, 0.3) is 11.9 Å². The Kier molecular flexibility index (Phi) is 5.52. The van der Waals surface area contributed by atoms with E-state index in [1.807, 2.05) is 61.5 Å². The highest BCUT2D eigenvalue weighted by molar-refractivity contribution is 7.22. The Morgan fingerprint density at radius 1 is 1.03 bits per heavy atom. The van der Waals surface area contributed by atoms with Crippen molar-refractivity contribution in [2.45, 2.75) is 6.92 Å². The highest BCUT2D eigenvalue weighted by atomic mass is 32.1. The molecule has 2 aromatic carbocycles. The number of para-hydroxylation sites is 1. The number of nitrogens with one attached hydrogen (secondary N) is 3. The van der Waals surface area contributed by atoms with Crippen LogP contribution in [0.2, 0.25) is 0 Å². The van der Waals surface area contributed by atoms with Crippen LogP contribution >= 0.6 is 11.3 Å². The number of amides is 1. The number of anilines is 2. The third-order valence-electron chi connectivity index (χ3n) is 4.74. The second kappa shape index (κ2) is 8.93. The highest BCUT2D eigenvalue weighted by Crippen LogP contribution is 2.25. The number of aromatic nitrogens is 6. The minimum absolute atomic E-state index is 0.0849. The molecule has 3 aromatic heterocycles. The lowest BCUT2D eigenvalue weighted by Crippen LogP contribution is -2.15. The standard InChI is InChI=1S/C22H17N9OS/c1-13(26-29-22-24-17-8-2-3-11-19(17)33-22)14-6-4-7-15(12-14)16-9-5-10-18(23-16)20(32)25-21-27-30-31-28-21/h2-12H,1H3,(H,24,29)(H2,25,27,28,30,31,32). The Morgan fingerprint density at radius 2 is 1.91 bits per heavy atom. The number of benzene rings is 2. The predicted octanol–water partition coefficient (Wildman–Crippen LogP) is 3.96. The zero-order chi connectivity index (χ0) is 22.6. The molecule has 0 unspecified atom stereocenters. The topological polar surface area (TPSA) is 134 Å². The summed E-state index contributed by atoms with van der Waals surface area (Å²) < 4.78 is 1.10. The van der Waals surface area contributed by atoms with Crippen LogP contribution in [0.5, 0.6) is 0 Å². The molecule has 3 heterocycles. The maximum absolute atomic E-state index is 12.4. The van der Waals surface area contributed by atoms with Crippen LogP contribution in [0.3, 0.4) is 0 Å². The number of rotatable bonds is 6. The normalized spacial score (nSPS) is 11.5. The van der Waals surface area contributed by atoms with Crippen LogP contribution < -0.4 is 10.7 Å². The SMILES string of the molecule is CC(=NNc1nc2ccccc2s1)c1cccc(-c2cccc(C(=O)Nc3nn[nH]n3)n2)c1. The fourth-order valence-electron chi connectivity index (χ4n) is 3.12. The number of thiazole rings is 1. The van der Waals surface area contributed by atoms with Gasteiger partial charge in [-0.05, 0) is 48.0 Å². The summed E-state index contributed by atoms with van der Waals surface area (Å²) in [5.74, 6) is -0.339. The van der Waals surface area contributed by atoms with Gasteiger partial charge in [-0.3, -0.25) is 15.5 Å². The highest BCUT2D eigenvalue weighted by Gasteiger charge is 2.12. The molecule has 0 radical (unpaired) electrons. The molecule has 10 nitrogen and oxygen atoms in total. The van der Waals surface area contributed by atoms with Crippen LogP contribution in [-0.2, 0) is 0 Å². The van der Waals surface area contributed by atoms with Crippen molar-refractivity contribution in [3.8, 4) is 11.3 Å². The third-order valence-corrected chi connectivity index (χ3v) is 5.68. The number of aromatic amines is 1. The Balaban J connectivity index is 1.35. The lowest BCUT2D eigenvalue weighted by atomic mass is 10.0. The van der Waals surface area contributed by atoms with Crippen LogP contribution in [0.25, 0.3) is 21.5 Å². The van der Waals surface area contributed by atoms with E-state index in [9.17, 15) is 4.79 Å². The van der Waals surface area contributed by atoms with Gasteiger partial charge in [-0.25, -0.2) is 9.97 Å². The molecule has 5 rings (SSSR count). The van der Waals surface area contributed by atoms with E-state index in [1.165, 1.54) is 0 Å².